The Labute approximate surface area is 177 Å². The second-order valence-electron chi connectivity index (χ2n) is 12.7. The van der Waals surface area contributed by atoms with E-state index in [1.54, 1.807) is 0 Å². The summed E-state index contributed by atoms with van der Waals surface area (Å²) in [7, 11) is 0. The molecule has 3 heteroatoms. The highest BCUT2D eigenvalue weighted by Gasteiger charge is 2.66. The van der Waals surface area contributed by atoms with Crippen molar-refractivity contribution < 1.29 is 14.6 Å². The molecule has 4 aliphatic carbocycles. The van der Waals surface area contributed by atoms with Crippen LogP contribution in [0.1, 0.15) is 91.4 Å². The minimum atomic E-state index is -0.240. The Morgan fingerprint density at radius 1 is 0.828 bits per heavy atom. The van der Waals surface area contributed by atoms with Gasteiger partial charge in [-0.2, -0.15) is 0 Å². The van der Waals surface area contributed by atoms with Crippen molar-refractivity contribution in [3.63, 3.8) is 0 Å². The van der Waals surface area contributed by atoms with Crippen molar-refractivity contribution in [3.8, 4) is 0 Å². The Bertz CT molecular complexity index is 654. The van der Waals surface area contributed by atoms with Gasteiger partial charge in [-0.25, -0.2) is 0 Å². The fourth-order valence-corrected chi connectivity index (χ4v) is 9.65. The van der Waals surface area contributed by atoms with Crippen molar-refractivity contribution in [1.82, 2.24) is 0 Å². The quantitative estimate of drug-likeness (QED) is 0.577. The van der Waals surface area contributed by atoms with Crippen molar-refractivity contribution >= 4 is 0 Å². The first-order valence-corrected chi connectivity index (χ1v) is 12.8. The van der Waals surface area contributed by atoms with Crippen molar-refractivity contribution in [3.05, 3.63) is 0 Å². The van der Waals surface area contributed by atoms with Crippen molar-refractivity contribution in [1.29, 1.82) is 0 Å². The molecule has 3 nitrogen and oxygen atoms in total. The monoisotopic (exact) mass is 402 g/mol. The molecule has 0 radical (unpaired) electrons. The Kier molecular flexibility index (Phi) is 4.35. The molecule has 6 fully saturated rings. The molecule has 0 aromatic carbocycles. The number of hydrogen-bond donors (Lipinski definition) is 1. The number of ether oxygens (including phenoxy) is 2. The molecule has 1 spiro atoms. The van der Waals surface area contributed by atoms with Gasteiger partial charge < -0.3 is 14.6 Å². The zero-order valence-electron chi connectivity index (χ0n) is 18.9. The van der Waals surface area contributed by atoms with E-state index in [-0.39, 0.29) is 11.9 Å². The van der Waals surface area contributed by atoms with Crippen LogP contribution in [0.3, 0.4) is 0 Å². The SMILES string of the molecule is CC1CCC2(CC3C(CC4C5CCC6CC(O)CCC6(C)C5CCC34C)O2)OC1. The molecule has 6 aliphatic rings. The van der Waals surface area contributed by atoms with Gasteiger partial charge in [0.25, 0.3) is 0 Å². The second-order valence-corrected chi connectivity index (χ2v) is 12.7. The second kappa shape index (κ2) is 6.45. The largest absolute Gasteiger partial charge is 0.393 e. The summed E-state index contributed by atoms with van der Waals surface area (Å²) >= 11 is 0. The van der Waals surface area contributed by atoms with Crippen LogP contribution in [0.4, 0.5) is 0 Å². The summed E-state index contributed by atoms with van der Waals surface area (Å²) in [5.74, 6) is 4.54. The molecule has 11 unspecified atom stereocenters. The maximum absolute atomic E-state index is 10.3. The molecule has 2 saturated heterocycles. The van der Waals surface area contributed by atoms with Gasteiger partial charge in [0.15, 0.2) is 5.79 Å². The van der Waals surface area contributed by atoms with Crippen LogP contribution < -0.4 is 0 Å². The van der Waals surface area contributed by atoms with Gasteiger partial charge in [0.05, 0.1) is 18.8 Å². The molecular weight excluding hydrogens is 360 g/mol. The molecule has 0 aromatic heterocycles. The summed E-state index contributed by atoms with van der Waals surface area (Å²) < 4.78 is 13.1. The highest BCUT2D eigenvalue weighted by molar-refractivity contribution is 5.13. The third-order valence-electron chi connectivity index (χ3n) is 11.4. The summed E-state index contributed by atoms with van der Waals surface area (Å²) in [4.78, 5) is 0. The van der Waals surface area contributed by atoms with E-state index in [2.05, 4.69) is 20.8 Å². The number of rotatable bonds is 0. The lowest BCUT2D eigenvalue weighted by Gasteiger charge is -2.61. The number of aliphatic hydroxyl groups excluding tert-OH is 1. The molecule has 4 saturated carbocycles. The Hall–Kier alpha value is -0.120. The number of aliphatic hydroxyl groups is 1. The lowest BCUT2D eigenvalue weighted by molar-refractivity contribution is -0.256. The van der Waals surface area contributed by atoms with Crippen molar-refractivity contribution in [2.24, 2.45) is 46.3 Å². The molecule has 0 aromatic rings. The van der Waals surface area contributed by atoms with Gasteiger partial charge >= 0.3 is 0 Å². The molecule has 0 bridgehead atoms. The molecule has 2 aliphatic heterocycles. The van der Waals surface area contributed by atoms with Gasteiger partial charge in [-0.1, -0.05) is 20.8 Å². The Morgan fingerprint density at radius 2 is 1.66 bits per heavy atom. The fraction of sp³-hybridized carbons (Fsp3) is 1.00. The van der Waals surface area contributed by atoms with Crippen molar-refractivity contribution in [2.45, 2.75) is 109 Å². The minimum Gasteiger partial charge on any atom is -0.393 e. The summed E-state index contributed by atoms with van der Waals surface area (Å²) in [5.41, 5.74) is 0.936. The van der Waals surface area contributed by atoms with Crippen LogP contribution in [0.5, 0.6) is 0 Å². The maximum Gasteiger partial charge on any atom is 0.169 e. The van der Waals surface area contributed by atoms with E-state index in [4.69, 9.17) is 9.47 Å². The molecule has 1 N–H and O–H groups in total. The summed E-state index contributed by atoms with van der Waals surface area (Å²) in [6.07, 6.45) is 14.1. The standard InChI is InChI=1S/C26H42O3/c1-16-6-11-26(28-15-16)14-22-23(29-26)13-21-19-5-4-17-12-18(27)7-9-24(17,2)20(19)8-10-25(21,22)3/h16-23,27H,4-15H2,1-3H3. The smallest absolute Gasteiger partial charge is 0.169 e. The van der Waals surface area contributed by atoms with Crippen LogP contribution in [0.2, 0.25) is 0 Å². The van der Waals surface area contributed by atoms with E-state index in [1.165, 1.54) is 44.9 Å². The first kappa shape index (κ1) is 19.6. The number of hydrogen-bond acceptors (Lipinski definition) is 3. The summed E-state index contributed by atoms with van der Waals surface area (Å²) in [6.45, 7) is 8.42. The third-order valence-corrected chi connectivity index (χ3v) is 11.4. The van der Waals surface area contributed by atoms with Crippen LogP contribution in [-0.4, -0.2) is 29.7 Å². The zero-order valence-corrected chi connectivity index (χ0v) is 18.9. The van der Waals surface area contributed by atoms with Crippen LogP contribution in [-0.2, 0) is 9.47 Å². The third kappa shape index (κ3) is 2.72. The number of fused-ring (bicyclic) bond motifs is 7. The van der Waals surface area contributed by atoms with E-state index in [0.717, 1.165) is 56.0 Å². The van der Waals surface area contributed by atoms with E-state index in [0.29, 0.717) is 28.8 Å². The van der Waals surface area contributed by atoms with E-state index in [1.807, 2.05) is 0 Å². The maximum atomic E-state index is 10.3. The lowest BCUT2D eigenvalue weighted by atomic mass is 9.44. The first-order chi connectivity index (χ1) is 13.8. The van der Waals surface area contributed by atoms with Gasteiger partial charge in [0.1, 0.15) is 0 Å². The molecule has 0 amide bonds. The van der Waals surface area contributed by atoms with E-state index >= 15 is 0 Å². The highest BCUT2D eigenvalue weighted by Crippen LogP contribution is 2.70. The zero-order chi connectivity index (χ0) is 20.0. The normalized spacial score (nSPS) is 61.7. The van der Waals surface area contributed by atoms with E-state index < -0.39 is 0 Å². The van der Waals surface area contributed by atoms with Gasteiger partial charge in [-0.3, -0.25) is 0 Å². The van der Waals surface area contributed by atoms with Gasteiger partial charge in [0.2, 0.25) is 0 Å². The average Bonchev–Trinajstić information content (AvgIpc) is 3.18. The molecule has 11 atom stereocenters. The topological polar surface area (TPSA) is 38.7 Å². The molecule has 164 valence electrons. The highest BCUT2D eigenvalue weighted by atomic mass is 16.7. The van der Waals surface area contributed by atoms with Gasteiger partial charge in [0, 0.05) is 12.8 Å². The van der Waals surface area contributed by atoms with Crippen molar-refractivity contribution in [2.75, 3.05) is 6.61 Å². The predicted octanol–water partition coefficient (Wildman–Crippen LogP) is 5.55. The molecule has 2 heterocycles. The van der Waals surface area contributed by atoms with Crippen LogP contribution in [0.25, 0.3) is 0 Å². The Morgan fingerprint density at radius 3 is 2.45 bits per heavy atom. The lowest BCUT2D eigenvalue weighted by Crippen LogP contribution is -2.54. The van der Waals surface area contributed by atoms with Crippen LogP contribution in [0.15, 0.2) is 0 Å². The molecule has 29 heavy (non-hydrogen) atoms. The minimum absolute atomic E-state index is 0.0351. The molecule has 6 rings (SSSR count). The van der Waals surface area contributed by atoms with E-state index in [9.17, 15) is 5.11 Å². The van der Waals surface area contributed by atoms with Crippen LogP contribution >= 0.6 is 0 Å². The molecular formula is C26H42O3. The Balaban J connectivity index is 1.23. The summed E-state index contributed by atoms with van der Waals surface area (Å²) in [5, 5.41) is 10.3. The fourth-order valence-electron chi connectivity index (χ4n) is 9.65. The van der Waals surface area contributed by atoms with Gasteiger partial charge in [-0.05, 0) is 104 Å². The average molecular weight is 403 g/mol. The summed E-state index contributed by atoms with van der Waals surface area (Å²) in [6, 6.07) is 0. The van der Waals surface area contributed by atoms with Crippen LogP contribution in [0, 0.1) is 46.3 Å². The first-order valence-electron chi connectivity index (χ1n) is 12.8. The van der Waals surface area contributed by atoms with Gasteiger partial charge in [-0.15, -0.1) is 0 Å². The predicted molar refractivity (Wildman–Crippen MR) is 113 cm³/mol.